The summed E-state index contributed by atoms with van der Waals surface area (Å²) in [7, 11) is 0. The highest BCUT2D eigenvalue weighted by Gasteiger charge is 2.55. The zero-order valence-corrected chi connectivity index (χ0v) is 10.6. The SMILES string of the molecule is CC1(NC(=O)OC(C)(C)C)CC2(CNC2)C1. The van der Waals surface area contributed by atoms with Gasteiger partial charge in [0, 0.05) is 18.6 Å². The molecule has 0 radical (unpaired) electrons. The third-order valence-electron chi connectivity index (χ3n) is 3.33. The first-order valence-corrected chi connectivity index (χ1v) is 5.94. The predicted octanol–water partition coefficient (Wildman–Crippen LogP) is 1.65. The summed E-state index contributed by atoms with van der Waals surface area (Å²) in [5.41, 5.74) is -0.0197. The summed E-state index contributed by atoms with van der Waals surface area (Å²) >= 11 is 0. The topological polar surface area (TPSA) is 50.4 Å². The maximum absolute atomic E-state index is 11.6. The lowest BCUT2D eigenvalue weighted by Gasteiger charge is -2.59. The van der Waals surface area contributed by atoms with Gasteiger partial charge in [0.05, 0.1) is 0 Å². The molecule has 1 amide bonds. The molecule has 4 heteroatoms. The fraction of sp³-hybridized carbons (Fsp3) is 0.917. The van der Waals surface area contributed by atoms with Crippen LogP contribution in [0.25, 0.3) is 0 Å². The normalized spacial score (nSPS) is 25.5. The average Bonchev–Trinajstić information content (AvgIpc) is 1.91. The highest BCUT2D eigenvalue weighted by Crippen LogP contribution is 2.50. The van der Waals surface area contributed by atoms with E-state index in [0.717, 1.165) is 25.9 Å². The van der Waals surface area contributed by atoms with E-state index in [1.807, 2.05) is 20.8 Å². The first-order valence-electron chi connectivity index (χ1n) is 5.94. The lowest BCUT2D eigenvalue weighted by molar-refractivity contribution is -0.0364. The number of rotatable bonds is 1. The Labute approximate surface area is 97.1 Å². The van der Waals surface area contributed by atoms with Crippen LogP contribution in [0.1, 0.15) is 40.5 Å². The van der Waals surface area contributed by atoms with Gasteiger partial charge < -0.3 is 15.4 Å². The van der Waals surface area contributed by atoms with Crippen LogP contribution in [0.15, 0.2) is 0 Å². The van der Waals surface area contributed by atoms with Gasteiger partial charge in [-0.05, 0) is 46.0 Å². The fourth-order valence-electron chi connectivity index (χ4n) is 2.97. The summed E-state index contributed by atoms with van der Waals surface area (Å²) in [6.45, 7) is 9.94. The summed E-state index contributed by atoms with van der Waals surface area (Å²) in [4.78, 5) is 11.6. The largest absolute Gasteiger partial charge is 0.444 e. The maximum Gasteiger partial charge on any atom is 0.408 e. The smallest absolute Gasteiger partial charge is 0.408 e. The molecule has 1 aliphatic heterocycles. The molecule has 1 aliphatic carbocycles. The minimum Gasteiger partial charge on any atom is -0.444 e. The van der Waals surface area contributed by atoms with Gasteiger partial charge in [0.15, 0.2) is 0 Å². The first kappa shape index (κ1) is 11.7. The highest BCUT2D eigenvalue weighted by atomic mass is 16.6. The van der Waals surface area contributed by atoms with Crippen LogP contribution >= 0.6 is 0 Å². The molecule has 2 fully saturated rings. The lowest BCUT2D eigenvalue weighted by atomic mass is 9.55. The van der Waals surface area contributed by atoms with Gasteiger partial charge in [0.25, 0.3) is 0 Å². The molecular weight excluding hydrogens is 204 g/mol. The Kier molecular flexibility index (Phi) is 2.46. The Morgan fingerprint density at radius 3 is 2.25 bits per heavy atom. The molecule has 2 aliphatic rings. The number of amides is 1. The van der Waals surface area contributed by atoms with Crippen molar-refractivity contribution in [1.82, 2.24) is 10.6 Å². The number of carbonyl (C=O) groups is 1. The molecule has 0 aromatic carbocycles. The molecule has 0 atom stereocenters. The van der Waals surface area contributed by atoms with Gasteiger partial charge in [0.2, 0.25) is 0 Å². The van der Waals surface area contributed by atoms with E-state index >= 15 is 0 Å². The van der Waals surface area contributed by atoms with Crippen molar-refractivity contribution in [3.8, 4) is 0 Å². The molecule has 4 nitrogen and oxygen atoms in total. The number of carbonyl (C=O) groups excluding carboxylic acids is 1. The van der Waals surface area contributed by atoms with E-state index < -0.39 is 5.60 Å². The molecule has 0 aromatic heterocycles. The summed E-state index contributed by atoms with van der Waals surface area (Å²) in [6, 6.07) is 0. The van der Waals surface area contributed by atoms with Gasteiger partial charge in [0.1, 0.15) is 5.60 Å². The second-order valence-corrected chi connectivity index (χ2v) is 6.64. The lowest BCUT2D eigenvalue weighted by Crippen LogP contribution is -2.70. The molecule has 16 heavy (non-hydrogen) atoms. The van der Waals surface area contributed by atoms with E-state index in [0.29, 0.717) is 5.41 Å². The second-order valence-electron chi connectivity index (χ2n) is 6.64. The Balaban J connectivity index is 1.80. The van der Waals surface area contributed by atoms with E-state index in [4.69, 9.17) is 4.74 Å². The second kappa shape index (κ2) is 3.36. The van der Waals surface area contributed by atoms with Crippen molar-refractivity contribution in [2.45, 2.75) is 51.7 Å². The van der Waals surface area contributed by atoms with Crippen molar-refractivity contribution in [2.24, 2.45) is 5.41 Å². The van der Waals surface area contributed by atoms with Gasteiger partial charge in [-0.25, -0.2) is 4.79 Å². The van der Waals surface area contributed by atoms with Gasteiger partial charge in [-0.2, -0.15) is 0 Å². The van der Waals surface area contributed by atoms with Gasteiger partial charge in [-0.15, -0.1) is 0 Å². The highest BCUT2D eigenvalue weighted by molar-refractivity contribution is 5.69. The predicted molar refractivity (Wildman–Crippen MR) is 62.3 cm³/mol. The molecule has 1 saturated carbocycles. The van der Waals surface area contributed by atoms with Gasteiger partial charge >= 0.3 is 6.09 Å². The molecular formula is C12H22N2O2. The Hall–Kier alpha value is -0.770. The molecule has 1 heterocycles. The van der Waals surface area contributed by atoms with Crippen molar-refractivity contribution < 1.29 is 9.53 Å². The van der Waals surface area contributed by atoms with Crippen LogP contribution in [0.3, 0.4) is 0 Å². The van der Waals surface area contributed by atoms with E-state index in [1.54, 1.807) is 0 Å². The van der Waals surface area contributed by atoms with Crippen molar-refractivity contribution in [3.63, 3.8) is 0 Å². The van der Waals surface area contributed by atoms with Gasteiger partial charge in [-0.3, -0.25) is 0 Å². The summed E-state index contributed by atoms with van der Waals surface area (Å²) in [5, 5.41) is 6.27. The first-order chi connectivity index (χ1) is 7.22. The number of hydrogen-bond acceptors (Lipinski definition) is 3. The molecule has 1 spiro atoms. The summed E-state index contributed by atoms with van der Waals surface area (Å²) in [5.74, 6) is 0. The molecule has 0 unspecified atom stereocenters. The van der Waals surface area contributed by atoms with Crippen LogP contribution in [-0.2, 0) is 4.74 Å². The quantitative estimate of drug-likeness (QED) is 0.715. The minimum absolute atomic E-state index is 0.0650. The van der Waals surface area contributed by atoms with Gasteiger partial charge in [-0.1, -0.05) is 0 Å². The summed E-state index contributed by atoms with van der Waals surface area (Å²) in [6.07, 6.45) is 1.83. The Morgan fingerprint density at radius 2 is 1.88 bits per heavy atom. The van der Waals surface area contributed by atoms with Crippen molar-refractivity contribution in [1.29, 1.82) is 0 Å². The molecule has 0 bridgehead atoms. The van der Waals surface area contributed by atoms with Crippen molar-refractivity contribution >= 4 is 6.09 Å². The number of hydrogen-bond donors (Lipinski definition) is 2. The van der Waals surface area contributed by atoms with Crippen LogP contribution in [0, 0.1) is 5.41 Å². The number of alkyl carbamates (subject to hydrolysis) is 1. The van der Waals surface area contributed by atoms with Crippen molar-refractivity contribution in [3.05, 3.63) is 0 Å². The number of nitrogens with one attached hydrogen (secondary N) is 2. The average molecular weight is 226 g/mol. The maximum atomic E-state index is 11.6. The number of ether oxygens (including phenoxy) is 1. The van der Waals surface area contributed by atoms with Crippen molar-refractivity contribution in [2.75, 3.05) is 13.1 Å². The van der Waals surface area contributed by atoms with Crippen LogP contribution < -0.4 is 10.6 Å². The molecule has 2 rings (SSSR count). The van der Waals surface area contributed by atoms with E-state index in [2.05, 4.69) is 17.6 Å². The standard InChI is InChI=1S/C12H22N2O2/c1-10(2,3)16-9(15)14-11(4)5-12(6-11)7-13-8-12/h13H,5-8H2,1-4H3,(H,14,15). The van der Waals surface area contributed by atoms with Crippen LogP contribution in [0.4, 0.5) is 4.79 Å². The zero-order valence-electron chi connectivity index (χ0n) is 10.6. The van der Waals surface area contributed by atoms with E-state index in [1.165, 1.54) is 0 Å². The minimum atomic E-state index is -0.417. The molecule has 1 saturated heterocycles. The van der Waals surface area contributed by atoms with Crippen LogP contribution in [0.5, 0.6) is 0 Å². The third kappa shape index (κ3) is 2.32. The Bertz CT molecular complexity index is 295. The van der Waals surface area contributed by atoms with Crippen LogP contribution in [0.2, 0.25) is 0 Å². The van der Waals surface area contributed by atoms with E-state index in [-0.39, 0.29) is 11.6 Å². The monoisotopic (exact) mass is 226 g/mol. The van der Waals surface area contributed by atoms with E-state index in [9.17, 15) is 4.79 Å². The molecule has 92 valence electrons. The molecule has 0 aromatic rings. The Morgan fingerprint density at radius 1 is 1.31 bits per heavy atom. The zero-order chi connectivity index (χ0) is 12.0. The fourth-order valence-corrected chi connectivity index (χ4v) is 2.97. The third-order valence-corrected chi connectivity index (χ3v) is 3.33. The summed E-state index contributed by atoms with van der Waals surface area (Å²) < 4.78 is 5.26. The molecule has 2 N–H and O–H groups in total. The van der Waals surface area contributed by atoms with Crippen LogP contribution in [-0.4, -0.2) is 30.3 Å².